The van der Waals surface area contributed by atoms with E-state index in [4.69, 9.17) is 4.74 Å². The topological polar surface area (TPSA) is 50.4 Å². The maximum atomic E-state index is 11.4. The normalized spacial score (nSPS) is 19.6. The Morgan fingerprint density at radius 2 is 2.56 bits per heavy atom. The van der Waals surface area contributed by atoms with Crippen LogP contribution in [0.3, 0.4) is 0 Å². The van der Waals surface area contributed by atoms with E-state index in [0.29, 0.717) is 6.54 Å². The summed E-state index contributed by atoms with van der Waals surface area (Å²) in [4.78, 5) is 12.7. The zero-order valence-electron chi connectivity index (χ0n) is 9.07. The van der Waals surface area contributed by atoms with Gasteiger partial charge >= 0.3 is 6.03 Å². The molecule has 1 aliphatic rings. The van der Waals surface area contributed by atoms with E-state index in [1.807, 2.05) is 11.4 Å². The highest BCUT2D eigenvalue weighted by molar-refractivity contribution is 7.09. The summed E-state index contributed by atoms with van der Waals surface area (Å²) in [7, 11) is 0. The Morgan fingerprint density at radius 1 is 1.62 bits per heavy atom. The summed E-state index contributed by atoms with van der Waals surface area (Å²) in [6.07, 6.45) is 2.73. The molecule has 88 valence electrons. The van der Waals surface area contributed by atoms with Crippen molar-refractivity contribution in [2.24, 2.45) is 0 Å². The van der Waals surface area contributed by atoms with Crippen molar-refractivity contribution in [2.45, 2.75) is 25.5 Å². The second-order valence-corrected chi connectivity index (χ2v) is 4.76. The van der Waals surface area contributed by atoms with Crippen LogP contribution in [0.4, 0.5) is 4.79 Å². The van der Waals surface area contributed by atoms with E-state index in [1.165, 1.54) is 4.88 Å². The molecule has 5 heteroatoms. The van der Waals surface area contributed by atoms with Gasteiger partial charge < -0.3 is 15.4 Å². The van der Waals surface area contributed by atoms with Gasteiger partial charge in [0.25, 0.3) is 0 Å². The quantitative estimate of drug-likeness (QED) is 0.842. The summed E-state index contributed by atoms with van der Waals surface area (Å²) in [5.74, 6) is 0. The minimum atomic E-state index is -0.136. The Bertz CT molecular complexity index is 321. The van der Waals surface area contributed by atoms with Crippen molar-refractivity contribution in [3.05, 3.63) is 22.4 Å². The van der Waals surface area contributed by atoms with Crippen molar-refractivity contribution >= 4 is 17.4 Å². The number of rotatable bonds is 4. The average Bonchev–Trinajstić information content (AvgIpc) is 2.90. The highest BCUT2D eigenvalue weighted by atomic mass is 32.1. The monoisotopic (exact) mass is 240 g/mol. The van der Waals surface area contributed by atoms with E-state index < -0.39 is 0 Å². The van der Waals surface area contributed by atoms with Crippen LogP contribution >= 0.6 is 11.3 Å². The molecule has 0 bridgehead atoms. The van der Waals surface area contributed by atoms with Crippen molar-refractivity contribution in [1.29, 1.82) is 0 Å². The maximum absolute atomic E-state index is 11.4. The van der Waals surface area contributed by atoms with Crippen LogP contribution in [-0.2, 0) is 11.2 Å². The van der Waals surface area contributed by atoms with Crippen LogP contribution in [0, 0.1) is 0 Å². The van der Waals surface area contributed by atoms with Crippen molar-refractivity contribution in [3.8, 4) is 0 Å². The standard InChI is InChI=1S/C11H16N2O2S/c14-11(13-10-4-1-7-15-10)12-6-5-9-3-2-8-16-9/h2-3,8,10H,1,4-7H2,(H2,12,13,14). The van der Waals surface area contributed by atoms with Gasteiger partial charge in [0.1, 0.15) is 6.23 Å². The highest BCUT2D eigenvalue weighted by Gasteiger charge is 2.16. The molecule has 1 fully saturated rings. The molecule has 0 aromatic carbocycles. The van der Waals surface area contributed by atoms with E-state index in [1.54, 1.807) is 11.3 Å². The first-order chi connectivity index (χ1) is 7.84. The number of nitrogens with one attached hydrogen (secondary N) is 2. The number of amides is 2. The third kappa shape index (κ3) is 3.50. The molecule has 1 aliphatic heterocycles. The van der Waals surface area contributed by atoms with E-state index in [9.17, 15) is 4.79 Å². The molecule has 1 saturated heterocycles. The predicted octanol–water partition coefficient (Wildman–Crippen LogP) is 1.73. The fourth-order valence-corrected chi connectivity index (χ4v) is 2.35. The largest absolute Gasteiger partial charge is 0.358 e. The summed E-state index contributed by atoms with van der Waals surface area (Å²) in [6.45, 7) is 1.42. The van der Waals surface area contributed by atoms with E-state index >= 15 is 0 Å². The molecule has 1 aromatic heterocycles. The second-order valence-electron chi connectivity index (χ2n) is 3.73. The van der Waals surface area contributed by atoms with Crippen LogP contribution in [0.1, 0.15) is 17.7 Å². The third-order valence-electron chi connectivity index (χ3n) is 2.46. The summed E-state index contributed by atoms with van der Waals surface area (Å²) < 4.78 is 5.31. The summed E-state index contributed by atoms with van der Waals surface area (Å²) in [5, 5.41) is 7.66. The van der Waals surface area contributed by atoms with Gasteiger partial charge in [-0.2, -0.15) is 0 Å². The van der Waals surface area contributed by atoms with E-state index in [-0.39, 0.29) is 12.3 Å². The molecular formula is C11H16N2O2S. The molecule has 0 saturated carbocycles. The zero-order chi connectivity index (χ0) is 11.2. The first kappa shape index (κ1) is 11.4. The number of ether oxygens (including phenoxy) is 1. The van der Waals surface area contributed by atoms with Gasteiger partial charge in [-0.25, -0.2) is 4.79 Å². The smallest absolute Gasteiger partial charge is 0.316 e. The SMILES string of the molecule is O=C(NCCc1cccs1)NC1CCCO1. The first-order valence-electron chi connectivity index (χ1n) is 5.53. The molecule has 1 unspecified atom stereocenters. The molecule has 0 aliphatic carbocycles. The summed E-state index contributed by atoms with van der Waals surface area (Å²) in [6, 6.07) is 3.96. The molecule has 16 heavy (non-hydrogen) atoms. The maximum Gasteiger partial charge on any atom is 0.316 e. The Balaban J connectivity index is 1.60. The summed E-state index contributed by atoms with van der Waals surface area (Å²) in [5.41, 5.74) is 0. The van der Waals surface area contributed by atoms with Gasteiger partial charge in [0.15, 0.2) is 0 Å². The molecule has 1 atom stereocenters. The number of thiophene rings is 1. The average molecular weight is 240 g/mol. The molecule has 2 amide bonds. The number of carbonyl (C=O) groups is 1. The molecule has 0 spiro atoms. The number of hydrogen-bond acceptors (Lipinski definition) is 3. The second kappa shape index (κ2) is 5.86. The van der Waals surface area contributed by atoms with Crippen molar-refractivity contribution in [3.63, 3.8) is 0 Å². The molecule has 0 radical (unpaired) electrons. The van der Waals surface area contributed by atoms with E-state index in [0.717, 1.165) is 25.9 Å². The van der Waals surface area contributed by atoms with Crippen molar-refractivity contribution in [1.82, 2.24) is 10.6 Å². The Morgan fingerprint density at radius 3 is 3.25 bits per heavy atom. The van der Waals surface area contributed by atoms with Gasteiger partial charge in [-0.05, 0) is 30.7 Å². The van der Waals surface area contributed by atoms with E-state index in [2.05, 4.69) is 16.7 Å². The zero-order valence-corrected chi connectivity index (χ0v) is 9.89. The van der Waals surface area contributed by atoms with Gasteiger partial charge in [0.05, 0.1) is 0 Å². The first-order valence-corrected chi connectivity index (χ1v) is 6.41. The lowest BCUT2D eigenvalue weighted by Gasteiger charge is -2.12. The van der Waals surface area contributed by atoms with Crippen molar-refractivity contribution < 1.29 is 9.53 Å². The molecule has 2 N–H and O–H groups in total. The molecule has 2 rings (SSSR count). The van der Waals surface area contributed by atoms with Crippen LogP contribution in [0.2, 0.25) is 0 Å². The number of carbonyl (C=O) groups excluding carboxylic acids is 1. The van der Waals surface area contributed by atoms with Crippen LogP contribution in [0.5, 0.6) is 0 Å². The van der Waals surface area contributed by atoms with Crippen LogP contribution in [-0.4, -0.2) is 25.4 Å². The summed E-state index contributed by atoms with van der Waals surface area (Å²) >= 11 is 1.71. The van der Waals surface area contributed by atoms with Crippen LogP contribution in [0.15, 0.2) is 17.5 Å². The lowest BCUT2D eigenvalue weighted by molar-refractivity contribution is 0.0908. The molecule has 4 nitrogen and oxygen atoms in total. The van der Waals surface area contributed by atoms with Gasteiger partial charge in [0, 0.05) is 18.0 Å². The Labute approximate surface area is 99.0 Å². The number of hydrogen-bond donors (Lipinski definition) is 2. The Kier molecular flexibility index (Phi) is 4.18. The van der Waals surface area contributed by atoms with Gasteiger partial charge in [0.2, 0.25) is 0 Å². The molecular weight excluding hydrogens is 224 g/mol. The fourth-order valence-electron chi connectivity index (χ4n) is 1.64. The fraction of sp³-hybridized carbons (Fsp3) is 0.545. The van der Waals surface area contributed by atoms with Crippen molar-refractivity contribution in [2.75, 3.05) is 13.2 Å². The highest BCUT2D eigenvalue weighted by Crippen LogP contribution is 2.09. The minimum Gasteiger partial charge on any atom is -0.358 e. The van der Waals surface area contributed by atoms with Crippen LogP contribution in [0.25, 0.3) is 0 Å². The number of urea groups is 1. The van der Waals surface area contributed by atoms with Gasteiger partial charge in [-0.1, -0.05) is 6.07 Å². The third-order valence-corrected chi connectivity index (χ3v) is 3.39. The predicted molar refractivity (Wildman–Crippen MR) is 63.5 cm³/mol. The lowest BCUT2D eigenvalue weighted by Crippen LogP contribution is -2.42. The van der Waals surface area contributed by atoms with Gasteiger partial charge in [-0.3, -0.25) is 0 Å². The minimum absolute atomic E-state index is 0.0956. The molecule has 1 aromatic rings. The van der Waals surface area contributed by atoms with Gasteiger partial charge in [-0.15, -0.1) is 11.3 Å². The Hall–Kier alpha value is -1.07. The lowest BCUT2D eigenvalue weighted by atomic mass is 10.3. The molecule has 2 heterocycles. The van der Waals surface area contributed by atoms with Crippen LogP contribution < -0.4 is 10.6 Å².